The van der Waals surface area contributed by atoms with Gasteiger partial charge in [0.2, 0.25) is 0 Å². The molecule has 1 aromatic heterocycles. The van der Waals surface area contributed by atoms with Crippen LogP contribution in [-0.4, -0.2) is 15.1 Å². The van der Waals surface area contributed by atoms with Crippen molar-refractivity contribution in [2.24, 2.45) is 0 Å². The highest BCUT2D eigenvalue weighted by atomic mass is 16.3. The molecule has 0 radical (unpaired) electrons. The highest BCUT2D eigenvalue weighted by Gasteiger charge is 2.16. The number of rotatable bonds is 2. The molecule has 3 heteroatoms. The molecule has 2 rings (SSSR count). The van der Waals surface area contributed by atoms with Gasteiger partial charge in [-0.25, -0.2) is 4.98 Å². The molecule has 1 fully saturated rings. The second kappa shape index (κ2) is 4.60. The Balaban J connectivity index is 2.04. The van der Waals surface area contributed by atoms with Gasteiger partial charge < -0.3 is 10.1 Å². The summed E-state index contributed by atoms with van der Waals surface area (Å²) < 4.78 is 0. The van der Waals surface area contributed by atoms with Crippen LogP contribution < -0.4 is 0 Å². The molecular weight excluding hydrogens is 176 g/mol. The average Bonchev–Trinajstić information content (AvgIpc) is 2.53. The van der Waals surface area contributed by atoms with Crippen LogP contribution in [0.1, 0.15) is 56.0 Å². The Morgan fingerprint density at radius 1 is 1.29 bits per heavy atom. The van der Waals surface area contributed by atoms with Gasteiger partial charge in [0.05, 0.1) is 0 Å². The predicted octanol–water partition coefficient (Wildman–Crippen LogP) is 2.34. The number of H-pyrrole nitrogens is 1. The molecule has 0 bridgehead atoms. The van der Waals surface area contributed by atoms with E-state index in [1.807, 2.05) is 6.20 Å². The van der Waals surface area contributed by atoms with Crippen LogP contribution in [0.25, 0.3) is 0 Å². The molecule has 0 spiro atoms. The van der Waals surface area contributed by atoms with Gasteiger partial charge in [0.25, 0.3) is 0 Å². The second-order valence-electron chi connectivity index (χ2n) is 4.13. The van der Waals surface area contributed by atoms with Gasteiger partial charge >= 0.3 is 0 Å². The summed E-state index contributed by atoms with van der Waals surface area (Å²) >= 11 is 0. The Labute approximate surface area is 84.6 Å². The summed E-state index contributed by atoms with van der Waals surface area (Å²) in [6.07, 6.45) is 9.84. The van der Waals surface area contributed by atoms with Crippen molar-refractivity contribution in [2.75, 3.05) is 0 Å². The highest BCUT2D eigenvalue weighted by molar-refractivity contribution is 5.07. The Morgan fingerprint density at radius 3 is 2.57 bits per heavy atom. The summed E-state index contributed by atoms with van der Waals surface area (Å²) in [5.74, 6) is 1.34. The van der Waals surface area contributed by atoms with Gasteiger partial charge in [-0.2, -0.15) is 0 Å². The maximum absolute atomic E-state index is 8.91. The fourth-order valence-corrected chi connectivity index (χ4v) is 2.26. The van der Waals surface area contributed by atoms with E-state index in [1.165, 1.54) is 44.2 Å². The van der Waals surface area contributed by atoms with E-state index in [1.54, 1.807) is 0 Å². The molecule has 14 heavy (non-hydrogen) atoms. The normalized spacial score (nSPS) is 19.5. The van der Waals surface area contributed by atoms with E-state index in [0.29, 0.717) is 11.7 Å². The SMILES string of the molecule is OCc1ncc(C2CCCCCC2)[nH]1. The van der Waals surface area contributed by atoms with E-state index < -0.39 is 0 Å². The van der Waals surface area contributed by atoms with Crippen LogP contribution in [-0.2, 0) is 6.61 Å². The highest BCUT2D eigenvalue weighted by Crippen LogP contribution is 2.30. The summed E-state index contributed by atoms with van der Waals surface area (Å²) in [5.41, 5.74) is 1.22. The van der Waals surface area contributed by atoms with Crippen molar-refractivity contribution < 1.29 is 5.11 Å². The predicted molar refractivity (Wildman–Crippen MR) is 55.0 cm³/mol. The van der Waals surface area contributed by atoms with Crippen LogP contribution in [0, 0.1) is 0 Å². The van der Waals surface area contributed by atoms with Crippen LogP contribution in [0.4, 0.5) is 0 Å². The minimum atomic E-state index is 0.0206. The minimum Gasteiger partial charge on any atom is -0.388 e. The van der Waals surface area contributed by atoms with Crippen LogP contribution in [0.15, 0.2) is 6.20 Å². The number of aromatic nitrogens is 2. The lowest BCUT2D eigenvalue weighted by Crippen LogP contribution is -1.97. The maximum atomic E-state index is 8.91. The molecule has 0 saturated heterocycles. The van der Waals surface area contributed by atoms with Gasteiger partial charge in [0, 0.05) is 17.8 Å². The molecule has 1 saturated carbocycles. The Hall–Kier alpha value is -0.830. The van der Waals surface area contributed by atoms with Crippen LogP contribution in [0.3, 0.4) is 0 Å². The van der Waals surface area contributed by atoms with Crippen molar-refractivity contribution in [2.45, 2.75) is 51.0 Å². The lowest BCUT2D eigenvalue weighted by molar-refractivity contribution is 0.272. The number of hydrogen-bond acceptors (Lipinski definition) is 2. The molecule has 0 amide bonds. The van der Waals surface area contributed by atoms with Gasteiger partial charge in [-0.05, 0) is 12.8 Å². The number of nitrogens with one attached hydrogen (secondary N) is 1. The topological polar surface area (TPSA) is 48.9 Å². The summed E-state index contributed by atoms with van der Waals surface area (Å²) in [6, 6.07) is 0. The first kappa shape index (κ1) is 9.71. The molecule has 3 nitrogen and oxygen atoms in total. The third-order valence-corrected chi connectivity index (χ3v) is 3.09. The smallest absolute Gasteiger partial charge is 0.132 e. The zero-order valence-corrected chi connectivity index (χ0v) is 8.50. The van der Waals surface area contributed by atoms with Gasteiger partial charge in [-0.1, -0.05) is 25.7 Å². The summed E-state index contributed by atoms with van der Waals surface area (Å²) in [7, 11) is 0. The molecule has 0 unspecified atom stereocenters. The molecular formula is C11H18N2O. The molecule has 2 N–H and O–H groups in total. The molecule has 1 aliphatic carbocycles. The fourth-order valence-electron chi connectivity index (χ4n) is 2.26. The Bertz CT molecular complexity index is 275. The van der Waals surface area contributed by atoms with E-state index in [0.717, 1.165) is 0 Å². The summed E-state index contributed by atoms with van der Waals surface area (Å²) in [5, 5.41) is 8.91. The van der Waals surface area contributed by atoms with E-state index in [2.05, 4.69) is 9.97 Å². The Kier molecular flexibility index (Phi) is 3.19. The van der Waals surface area contributed by atoms with Crippen LogP contribution in [0.2, 0.25) is 0 Å². The van der Waals surface area contributed by atoms with Crippen LogP contribution in [0.5, 0.6) is 0 Å². The number of imidazole rings is 1. The van der Waals surface area contributed by atoms with Gasteiger partial charge in [0.1, 0.15) is 12.4 Å². The molecule has 1 aliphatic rings. The fraction of sp³-hybridized carbons (Fsp3) is 0.727. The molecule has 0 aromatic carbocycles. The van der Waals surface area contributed by atoms with Crippen molar-refractivity contribution in [3.8, 4) is 0 Å². The summed E-state index contributed by atoms with van der Waals surface area (Å²) in [6.45, 7) is 0.0206. The number of hydrogen-bond donors (Lipinski definition) is 2. The molecule has 0 atom stereocenters. The standard InChI is InChI=1S/C11H18N2O/c14-8-11-12-7-10(13-11)9-5-3-1-2-4-6-9/h7,9,14H,1-6,8H2,(H,12,13). The van der Waals surface area contributed by atoms with Crippen molar-refractivity contribution in [1.29, 1.82) is 0 Å². The lowest BCUT2D eigenvalue weighted by Gasteiger charge is -2.10. The van der Waals surface area contributed by atoms with Gasteiger partial charge in [-0.3, -0.25) is 0 Å². The van der Waals surface area contributed by atoms with Gasteiger partial charge in [-0.15, -0.1) is 0 Å². The number of aliphatic hydroxyl groups excluding tert-OH is 1. The number of nitrogens with zero attached hydrogens (tertiary/aromatic N) is 1. The average molecular weight is 194 g/mol. The lowest BCUT2D eigenvalue weighted by atomic mass is 9.97. The number of aromatic amines is 1. The first-order chi connectivity index (χ1) is 6.90. The van der Waals surface area contributed by atoms with E-state index >= 15 is 0 Å². The molecule has 1 heterocycles. The third-order valence-electron chi connectivity index (χ3n) is 3.09. The van der Waals surface area contributed by atoms with Crippen molar-refractivity contribution in [1.82, 2.24) is 9.97 Å². The van der Waals surface area contributed by atoms with Crippen molar-refractivity contribution in [3.63, 3.8) is 0 Å². The molecule has 0 aliphatic heterocycles. The quantitative estimate of drug-likeness (QED) is 0.710. The zero-order valence-electron chi connectivity index (χ0n) is 8.50. The van der Waals surface area contributed by atoms with E-state index in [9.17, 15) is 0 Å². The minimum absolute atomic E-state index is 0.0206. The summed E-state index contributed by atoms with van der Waals surface area (Å²) in [4.78, 5) is 7.33. The molecule has 1 aromatic rings. The first-order valence-electron chi connectivity index (χ1n) is 5.55. The third kappa shape index (κ3) is 2.15. The number of aliphatic hydroxyl groups is 1. The zero-order chi connectivity index (χ0) is 9.80. The molecule has 78 valence electrons. The monoisotopic (exact) mass is 194 g/mol. The largest absolute Gasteiger partial charge is 0.388 e. The van der Waals surface area contributed by atoms with E-state index in [4.69, 9.17) is 5.11 Å². The van der Waals surface area contributed by atoms with Crippen molar-refractivity contribution in [3.05, 3.63) is 17.7 Å². The van der Waals surface area contributed by atoms with Crippen LogP contribution >= 0.6 is 0 Å². The second-order valence-corrected chi connectivity index (χ2v) is 4.13. The Morgan fingerprint density at radius 2 is 2.00 bits per heavy atom. The van der Waals surface area contributed by atoms with E-state index in [-0.39, 0.29) is 6.61 Å². The first-order valence-corrected chi connectivity index (χ1v) is 5.55. The van der Waals surface area contributed by atoms with Gasteiger partial charge in [0.15, 0.2) is 0 Å². The van der Waals surface area contributed by atoms with Crippen molar-refractivity contribution >= 4 is 0 Å². The maximum Gasteiger partial charge on any atom is 0.132 e.